The van der Waals surface area contributed by atoms with Gasteiger partial charge in [-0.05, 0) is 58.9 Å². The average molecular weight is 580 g/mol. The van der Waals surface area contributed by atoms with E-state index in [4.69, 9.17) is 11.4 Å². The van der Waals surface area contributed by atoms with E-state index in [-0.39, 0.29) is 5.41 Å². The summed E-state index contributed by atoms with van der Waals surface area (Å²) in [6.07, 6.45) is 30.4. The molecule has 0 fully saturated rings. The third-order valence-electron chi connectivity index (χ3n) is 6.54. The van der Waals surface area contributed by atoms with Crippen molar-refractivity contribution >= 4 is 5.71 Å². The third kappa shape index (κ3) is 25.1. The van der Waals surface area contributed by atoms with Crippen molar-refractivity contribution in [3.05, 3.63) is 72.5 Å². The van der Waals surface area contributed by atoms with Crippen LogP contribution in [0.1, 0.15) is 80.6 Å². The van der Waals surface area contributed by atoms with Gasteiger partial charge in [0.05, 0.1) is 6.54 Å². The Labute approximate surface area is 261 Å². The van der Waals surface area contributed by atoms with Gasteiger partial charge >= 0.3 is 0 Å². The van der Waals surface area contributed by atoms with Gasteiger partial charge in [-0.3, -0.25) is 14.8 Å². The Morgan fingerprint density at radius 2 is 1.69 bits per heavy atom. The first kappa shape index (κ1) is 41.5. The van der Waals surface area contributed by atoms with Crippen LogP contribution >= 0.6 is 0 Å². The molecule has 0 rings (SSSR count). The molecule has 0 aromatic rings. The number of hydrogen-bond acceptors (Lipinski definition) is 5. The lowest BCUT2D eigenvalue weighted by Crippen LogP contribution is -2.40. The number of likely N-dealkylation sites (N-methyl/N-ethyl adjacent to an activating group) is 1. The fourth-order valence-electron chi connectivity index (χ4n) is 4.34. The van der Waals surface area contributed by atoms with Gasteiger partial charge in [0.25, 0.3) is 0 Å². The van der Waals surface area contributed by atoms with Gasteiger partial charge < -0.3 is 11.1 Å². The van der Waals surface area contributed by atoms with Crippen molar-refractivity contribution in [3.63, 3.8) is 0 Å². The second kappa shape index (κ2) is 28.5. The number of rotatable bonds is 22. The molecule has 0 aliphatic rings. The molecule has 5 heteroatoms. The highest BCUT2D eigenvalue weighted by molar-refractivity contribution is 5.86. The van der Waals surface area contributed by atoms with Gasteiger partial charge in [-0.1, -0.05) is 107 Å². The van der Waals surface area contributed by atoms with E-state index >= 15 is 0 Å². The van der Waals surface area contributed by atoms with Gasteiger partial charge in [0.2, 0.25) is 0 Å². The molecule has 0 aromatic carbocycles. The molecule has 0 aliphatic carbocycles. The van der Waals surface area contributed by atoms with Crippen LogP contribution in [-0.4, -0.2) is 74.9 Å². The van der Waals surface area contributed by atoms with Crippen molar-refractivity contribution in [2.75, 3.05) is 59.4 Å². The van der Waals surface area contributed by atoms with Crippen LogP contribution in [0.15, 0.2) is 77.5 Å². The van der Waals surface area contributed by atoms with Crippen LogP contribution in [0.2, 0.25) is 0 Å². The predicted molar refractivity (Wildman–Crippen MR) is 191 cm³/mol. The molecule has 0 radical (unpaired) electrons. The number of nitrogens with one attached hydrogen (secondary N) is 1. The Balaban J connectivity index is 0. The van der Waals surface area contributed by atoms with E-state index in [0.717, 1.165) is 71.5 Å². The SMILES string of the molecule is C#CCN=C(CCC)CN(CCN(CC/C=C\C)C/C(C)=C/C=C\C(C)(C)/C=C/CCC)C/C(=C/C)CNC.C=CN. The molecule has 0 heterocycles. The zero-order valence-corrected chi connectivity index (χ0v) is 28.6. The Morgan fingerprint density at radius 1 is 1.00 bits per heavy atom. The van der Waals surface area contributed by atoms with Crippen molar-refractivity contribution in [1.82, 2.24) is 15.1 Å². The predicted octanol–water partition coefficient (Wildman–Crippen LogP) is 7.57. The number of allylic oxidation sites excluding steroid dienone is 7. The highest BCUT2D eigenvalue weighted by Gasteiger charge is 2.14. The summed E-state index contributed by atoms with van der Waals surface area (Å²) >= 11 is 0. The van der Waals surface area contributed by atoms with E-state index in [1.165, 1.54) is 29.5 Å². The fourth-order valence-corrected chi connectivity index (χ4v) is 4.34. The maximum atomic E-state index is 5.52. The second-order valence-electron chi connectivity index (χ2n) is 11.3. The summed E-state index contributed by atoms with van der Waals surface area (Å²) in [4.78, 5) is 9.86. The van der Waals surface area contributed by atoms with Crippen LogP contribution in [0.5, 0.6) is 0 Å². The molecule has 5 nitrogen and oxygen atoms in total. The molecule has 0 spiro atoms. The van der Waals surface area contributed by atoms with Crippen LogP contribution in [-0.2, 0) is 0 Å². The third-order valence-corrected chi connectivity index (χ3v) is 6.54. The summed E-state index contributed by atoms with van der Waals surface area (Å²) in [6.45, 7) is 25.8. The Bertz CT molecular complexity index is 896. The summed E-state index contributed by atoms with van der Waals surface area (Å²) in [5, 5.41) is 3.32. The standard InChI is InChI=1S/C35H60N4.C2H5N/c1-10-15-17-22-35(7,8)23-19-21-32(6)29-38(25-18-16-11-2)26-27-39(30-33(14-5)28-36-9)31-34(20-12-3)37-24-13-4;1-2-3/h4,11,14,16-17,19,21-23,36H,10,12,15,18,20,24-31H2,1-3,5-9H3;2H,1,3H2/b16-11-,22-17+,23-19-,32-21+,33-14+,37-34?;. The molecule has 0 bridgehead atoms. The molecule has 0 amide bonds. The largest absolute Gasteiger partial charge is 0.405 e. The minimum atomic E-state index is 0.0765. The maximum Gasteiger partial charge on any atom is 0.0994 e. The van der Waals surface area contributed by atoms with Crippen molar-refractivity contribution in [2.45, 2.75) is 80.6 Å². The summed E-state index contributed by atoms with van der Waals surface area (Å²) in [6, 6.07) is 0. The smallest absolute Gasteiger partial charge is 0.0994 e. The first-order valence-electron chi connectivity index (χ1n) is 15.8. The minimum Gasteiger partial charge on any atom is -0.405 e. The molecule has 0 unspecified atom stereocenters. The molecule has 0 saturated heterocycles. The van der Waals surface area contributed by atoms with Gasteiger partial charge in [0, 0.05) is 56.9 Å². The maximum absolute atomic E-state index is 5.52. The lowest BCUT2D eigenvalue weighted by atomic mass is 9.92. The molecule has 0 atom stereocenters. The molecule has 0 aliphatic heterocycles. The highest BCUT2D eigenvalue weighted by atomic mass is 15.2. The monoisotopic (exact) mass is 580 g/mol. The van der Waals surface area contributed by atoms with Gasteiger partial charge in [-0.25, -0.2) is 0 Å². The van der Waals surface area contributed by atoms with Crippen LogP contribution in [0.25, 0.3) is 0 Å². The van der Waals surface area contributed by atoms with E-state index in [1.807, 2.05) is 7.05 Å². The Hall–Kier alpha value is -2.65. The van der Waals surface area contributed by atoms with E-state index in [9.17, 15) is 0 Å². The van der Waals surface area contributed by atoms with Crippen LogP contribution < -0.4 is 11.1 Å². The van der Waals surface area contributed by atoms with E-state index in [0.29, 0.717) is 6.54 Å². The van der Waals surface area contributed by atoms with E-state index < -0.39 is 0 Å². The van der Waals surface area contributed by atoms with Gasteiger partial charge in [-0.2, -0.15) is 0 Å². The molecule has 3 N–H and O–H groups in total. The number of unbranched alkanes of at least 4 members (excludes halogenated alkanes) is 1. The van der Waals surface area contributed by atoms with Crippen molar-refractivity contribution in [1.29, 1.82) is 0 Å². The summed E-state index contributed by atoms with van der Waals surface area (Å²) < 4.78 is 0. The summed E-state index contributed by atoms with van der Waals surface area (Å²) in [5.41, 5.74) is 8.70. The first-order chi connectivity index (χ1) is 20.2. The van der Waals surface area contributed by atoms with E-state index in [1.54, 1.807) is 0 Å². The lowest BCUT2D eigenvalue weighted by molar-refractivity contribution is 0.238. The molecular formula is C37H65N5. The molecule has 0 saturated carbocycles. The Morgan fingerprint density at radius 3 is 2.26 bits per heavy atom. The van der Waals surface area contributed by atoms with Gasteiger partial charge in [-0.15, -0.1) is 6.42 Å². The average Bonchev–Trinajstić information content (AvgIpc) is 2.94. The van der Waals surface area contributed by atoms with Crippen LogP contribution in [0.4, 0.5) is 0 Å². The highest BCUT2D eigenvalue weighted by Crippen LogP contribution is 2.19. The minimum absolute atomic E-state index is 0.0765. The molecule has 0 aromatic heterocycles. The van der Waals surface area contributed by atoms with Gasteiger partial charge in [0.1, 0.15) is 0 Å². The zero-order valence-electron chi connectivity index (χ0n) is 28.6. The number of nitrogens with zero attached hydrogens (tertiary/aromatic N) is 3. The second-order valence-corrected chi connectivity index (χ2v) is 11.3. The van der Waals surface area contributed by atoms with Crippen molar-refractivity contribution in [2.24, 2.45) is 16.1 Å². The zero-order chi connectivity index (χ0) is 32.1. The van der Waals surface area contributed by atoms with Crippen molar-refractivity contribution in [3.8, 4) is 12.3 Å². The van der Waals surface area contributed by atoms with Crippen LogP contribution in [0.3, 0.4) is 0 Å². The lowest BCUT2D eigenvalue weighted by Gasteiger charge is -2.29. The quantitative estimate of drug-likeness (QED) is 0.0601. The number of hydrogen-bond donors (Lipinski definition) is 2. The van der Waals surface area contributed by atoms with Crippen molar-refractivity contribution < 1.29 is 0 Å². The molecule has 238 valence electrons. The number of terminal acetylenes is 1. The number of aliphatic imine (C=N–C) groups is 1. The Kier molecular flexibility index (Phi) is 28.1. The first-order valence-corrected chi connectivity index (χ1v) is 15.8. The summed E-state index contributed by atoms with van der Waals surface area (Å²) in [5.74, 6) is 2.68. The van der Waals surface area contributed by atoms with E-state index in [2.05, 4.69) is 130 Å². The van der Waals surface area contributed by atoms with Gasteiger partial charge in [0.15, 0.2) is 0 Å². The molecule has 42 heavy (non-hydrogen) atoms. The normalized spacial score (nSPS) is 13.4. The molecular weight excluding hydrogens is 514 g/mol. The number of nitrogens with two attached hydrogens (primary N) is 1. The fraction of sp³-hybridized carbons (Fsp3) is 0.595. The van der Waals surface area contributed by atoms with Crippen LogP contribution in [0, 0.1) is 17.8 Å². The topological polar surface area (TPSA) is 56.9 Å². The summed E-state index contributed by atoms with van der Waals surface area (Å²) in [7, 11) is 2.01.